The summed E-state index contributed by atoms with van der Waals surface area (Å²) in [6.45, 7) is 8.10. The number of benzene rings is 2. The van der Waals surface area contributed by atoms with Crippen LogP contribution in [0.25, 0.3) is 0 Å². The Labute approximate surface area is 210 Å². The van der Waals surface area contributed by atoms with Crippen molar-refractivity contribution in [3.8, 4) is 23.0 Å². The van der Waals surface area contributed by atoms with Gasteiger partial charge in [0.1, 0.15) is 34.7 Å². The molecule has 10 heteroatoms. The first-order valence-electron chi connectivity index (χ1n) is 11.1. The number of methoxy groups -OCH3 is 4. The quantitative estimate of drug-likeness (QED) is 0.347. The van der Waals surface area contributed by atoms with E-state index in [1.807, 2.05) is 0 Å². The SMILES string of the molecule is [CH2]C1CCC([CH2])(OOC(=O)c2cc(OC)cc(OC)c2)C(OOC(=O)c2cc(OC)cc(OC)c2)C1. The van der Waals surface area contributed by atoms with Crippen LogP contribution in [0.1, 0.15) is 40.0 Å². The zero-order valence-electron chi connectivity index (χ0n) is 20.7. The van der Waals surface area contributed by atoms with E-state index in [-0.39, 0.29) is 17.0 Å². The highest BCUT2D eigenvalue weighted by Gasteiger charge is 2.45. The maximum Gasteiger partial charge on any atom is 0.373 e. The van der Waals surface area contributed by atoms with E-state index in [0.29, 0.717) is 42.3 Å². The molecule has 0 bridgehead atoms. The monoisotopic (exact) mass is 502 g/mol. The minimum absolute atomic E-state index is 0.0116. The molecule has 2 aromatic rings. The van der Waals surface area contributed by atoms with E-state index in [0.717, 1.165) is 0 Å². The van der Waals surface area contributed by atoms with E-state index >= 15 is 0 Å². The van der Waals surface area contributed by atoms with E-state index in [1.165, 1.54) is 52.7 Å². The molecule has 1 aliphatic rings. The first kappa shape index (κ1) is 27.1. The smallest absolute Gasteiger partial charge is 0.373 e. The number of rotatable bonds is 10. The molecule has 0 saturated heterocycles. The fraction of sp³-hybridized carbons (Fsp3) is 0.385. The van der Waals surface area contributed by atoms with Crippen LogP contribution >= 0.6 is 0 Å². The van der Waals surface area contributed by atoms with Crippen molar-refractivity contribution in [1.29, 1.82) is 0 Å². The average Bonchev–Trinajstić information content (AvgIpc) is 2.91. The van der Waals surface area contributed by atoms with Crippen LogP contribution in [0.3, 0.4) is 0 Å². The summed E-state index contributed by atoms with van der Waals surface area (Å²) in [6, 6.07) is 9.16. The molecule has 0 N–H and O–H groups in total. The third kappa shape index (κ3) is 6.58. The second-order valence-electron chi connectivity index (χ2n) is 8.32. The molecule has 2 radical (unpaired) electrons. The predicted octanol–water partition coefficient (Wildman–Crippen LogP) is 4.17. The maximum absolute atomic E-state index is 12.7. The number of hydrogen-bond acceptors (Lipinski definition) is 10. The van der Waals surface area contributed by atoms with E-state index in [1.54, 1.807) is 12.1 Å². The van der Waals surface area contributed by atoms with Gasteiger partial charge in [0.15, 0.2) is 0 Å². The molecule has 36 heavy (non-hydrogen) atoms. The van der Waals surface area contributed by atoms with Crippen LogP contribution in [0.4, 0.5) is 0 Å². The van der Waals surface area contributed by atoms with Gasteiger partial charge in [0, 0.05) is 12.1 Å². The normalized spacial score (nSPS) is 21.3. The van der Waals surface area contributed by atoms with E-state index in [4.69, 9.17) is 38.5 Å². The van der Waals surface area contributed by atoms with Gasteiger partial charge in [-0.25, -0.2) is 9.59 Å². The van der Waals surface area contributed by atoms with Crippen molar-refractivity contribution in [3.05, 3.63) is 61.4 Å². The zero-order chi connectivity index (χ0) is 26.3. The maximum atomic E-state index is 12.7. The van der Waals surface area contributed by atoms with Crippen LogP contribution < -0.4 is 18.9 Å². The van der Waals surface area contributed by atoms with Crippen LogP contribution in [0, 0.1) is 19.8 Å². The van der Waals surface area contributed by atoms with Crippen molar-refractivity contribution in [2.75, 3.05) is 28.4 Å². The van der Waals surface area contributed by atoms with Crippen LogP contribution in [-0.4, -0.2) is 52.1 Å². The van der Waals surface area contributed by atoms with Gasteiger partial charge in [-0.3, -0.25) is 9.78 Å². The van der Waals surface area contributed by atoms with Gasteiger partial charge in [0.25, 0.3) is 0 Å². The second-order valence-corrected chi connectivity index (χ2v) is 8.32. The fourth-order valence-corrected chi connectivity index (χ4v) is 3.64. The minimum atomic E-state index is -1.35. The lowest BCUT2D eigenvalue weighted by molar-refractivity contribution is -0.380. The van der Waals surface area contributed by atoms with E-state index in [2.05, 4.69) is 13.8 Å². The fourth-order valence-electron chi connectivity index (χ4n) is 3.64. The van der Waals surface area contributed by atoms with Gasteiger partial charge in [-0.05, 0) is 56.4 Å². The van der Waals surface area contributed by atoms with Gasteiger partial charge < -0.3 is 18.9 Å². The van der Waals surface area contributed by atoms with Gasteiger partial charge >= 0.3 is 11.9 Å². The van der Waals surface area contributed by atoms with Crippen molar-refractivity contribution >= 4 is 11.9 Å². The van der Waals surface area contributed by atoms with E-state index < -0.39 is 23.6 Å². The zero-order valence-corrected chi connectivity index (χ0v) is 20.7. The molecule has 0 aromatic heterocycles. The molecule has 0 amide bonds. The Kier molecular flexibility index (Phi) is 9.00. The highest BCUT2D eigenvalue weighted by molar-refractivity contribution is 5.90. The Bertz CT molecular complexity index is 1020. The molecule has 10 nitrogen and oxygen atoms in total. The van der Waals surface area contributed by atoms with Crippen molar-refractivity contribution in [2.45, 2.75) is 31.0 Å². The van der Waals surface area contributed by atoms with Crippen molar-refractivity contribution < 1.29 is 48.1 Å². The number of ether oxygens (including phenoxy) is 4. The molecule has 1 fully saturated rings. The summed E-state index contributed by atoms with van der Waals surface area (Å²) in [4.78, 5) is 46.4. The Balaban J connectivity index is 1.69. The summed E-state index contributed by atoms with van der Waals surface area (Å²) in [7, 11) is 5.86. The number of hydrogen-bond donors (Lipinski definition) is 0. The first-order chi connectivity index (χ1) is 17.2. The van der Waals surface area contributed by atoms with Gasteiger partial charge in [0.2, 0.25) is 0 Å². The highest BCUT2D eigenvalue weighted by atomic mass is 17.2. The molecule has 0 aliphatic heterocycles. The molecule has 3 atom stereocenters. The number of carbonyl (C=O) groups is 2. The Morgan fingerprint density at radius 1 is 0.778 bits per heavy atom. The average molecular weight is 503 g/mol. The molecule has 2 aromatic carbocycles. The molecular formula is C26H30O10. The topological polar surface area (TPSA) is 108 Å². The number of carbonyl (C=O) groups excluding carboxylic acids is 2. The van der Waals surface area contributed by atoms with Crippen molar-refractivity contribution in [3.63, 3.8) is 0 Å². The highest BCUT2D eigenvalue weighted by Crippen LogP contribution is 2.37. The molecule has 1 saturated carbocycles. The van der Waals surface area contributed by atoms with Crippen LogP contribution in [0.5, 0.6) is 23.0 Å². The first-order valence-corrected chi connectivity index (χ1v) is 11.1. The van der Waals surface area contributed by atoms with Crippen LogP contribution in [0.15, 0.2) is 36.4 Å². The second kappa shape index (κ2) is 12.0. The molecule has 3 unspecified atom stereocenters. The molecule has 0 spiro atoms. The van der Waals surface area contributed by atoms with Crippen molar-refractivity contribution in [1.82, 2.24) is 0 Å². The predicted molar refractivity (Wildman–Crippen MR) is 127 cm³/mol. The summed E-state index contributed by atoms with van der Waals surface area (Å²) in [6.07, 6.45) is 0.459. The Morgan fingerprint density at radius 2 is 1.22 bits per heavy atom. The third-order valence-electron chi connectivity index (χ3n) is 5.81. The van der Waals surface area contributed by atoms with E-state index in [9.17, 15) is 9.59 Å². The van der Waals surface area contributed by atoms with Crippen molar-refractivity contribution in [2.24, 2.45) is 5.92 Å². The Hall–Kier alpha value is -3.50. The molecule has 0 heterocycles. The van der Waals surface area contributed by atoms with Gasteiger partial charge in [-0.15, -0.1) is 0 Å². The summed E-state index contributed by atoms with van der Waals surface area (Å²) in [5.74, 6) is 0.0613. The lowest BCUT2D eigenvalue weighted by Crippen LogP contribution is -2.49. The summed E-state index contributed by atoms with van der Waals surface area (Å²) in [5, 5.41) is 0. The third-order valence-corrected chi connectivity index (χ3v) is 5.81. The largest absolute Gasteiger partial charge is 0.497 e. The summed E-state index contributed by atoms with van der Waals surface area (Å²) >= 11 is 0. The Morgan fingerprint density at radius 3 is 1.67 bits per heavy atom. The minimum Gasteiger partial charge on any atom is -0.497 e. The molecule has 3 rings (SSSR count). The molecule has 194 valence electrons. The summed E-state index contributed by atoms with van der Waals surface area (Å²) < 4.78 is 20.7. The van der Waals surface area contributed by atoms with Gasteiger partial charge in [0.05, 0.1) is 39.6 Å². The lowest BCUT2D eigenvalue weighted by atomic mass is 9.78. The lowest BCUT2D eigenvalue weighted by Gasteiger charge is -2.39. The van der Waals surface area contributed by atoms with Crippen LogP contribution in [-0.2, 0) is 19.6 Å². The standard InChI is InChI=1S/C26H30O10/c1-16-7-8-26(2,36-35-25(28)18-12-21(31-5)15-22(13-18)32-6)23(9-16)33-34-24(27)17-10-19(29-3)14-20(11-17)30-4/h10-16,23H,1-2,7-9H2,3-6H3. The summed E-state index contributed by atoms with van der Waals surface area (Å²) in [5.41, 5.74) is -1.04. The van der Waals surface area contributed by atoms with Gasteiger partial charge in [-0.1, -0.05) is 6.92 Å². The van der Waals surface area contributed by atoms with Gasteiger partial charge in [-0.2, -0.15) is 9.78 Å². The molecular weight excluding hydrogens is 472 g/mol. The van der Waals surface area contributed by atoms with Crippen LogP contribution in [0.2, 0.25) is 0 Å². The molecule has 1 aliphatic carbocycles.